The molecule has 0 unspecified atom stereocenters. The summed E-state index contributed by atoms with van der Waals surface area (Å²) in [6.07, 6.45) is 9.91. The lowest BCUT2D eigenvalue weighted by Gasteiger charge is -2.24. The lowest BCUT2D eigenvalue weighted by Crippen LogP contribution is -2.39. The van der Waals surface area contributed by atoms with E-state index >= 15 is 0 Å². The molecule has 8 nitrogen and oxygen atoms in total. The van der Waals surface area contributed by atoms with Gasteiger partial charge in [0.05, 0.1) is 30.7 Å². The molecule has 1 aromatic carbocycles. The second-order valence-electron chi connectivity index (χ2n) is 8.62. The first kappa shape index (κ1) is 22.9. The summed E-state index contributed by atoms with van der Waals surface area (Å²) in [7, 11) is 0. The van der Waals surface area contributed by atoms with Crippen molar-refractivity contribution in [3.63, 3.8) is 0 Å². The van der Waals surface area contributed by atoms with Crippen LogP contribution in [0.1, 0.15) is 45.2 Å². The third-order valence-corrected chi connectivity index (χ3v) is 5.56. The Morgan fingerprint density at radius 2 is 2.18 bits per heavy atom. The Morgan fingerprint density at radius 3 is 2.85 bits per heavy atom. The number of imidazole rings is 1. The van der Waals surface area contributed by atoms with Crippen LogP contribution in [0.15, 0.2) is 42.7 Å². The number of carbonyl (C=O) groups excluding carboxylic acids is 1. The van der Waals surface area contributed by atoms with Gasteiger partial charge in [0, 0.05) is 37.0 Å². The highest BCUT2D eigenvalue weighted by atomic mass is 16.6. The molecule has 0 fully saturated rings. The Kier molecular flexibility index (Phi) is 6.47. The number of hydrogen-bond donors (Lipinski definition) is 1. The van der Waals surface area contributed by atoms with Crippen molar-refractivity contribution in [2.24, 2.45) is 0 Å². The van der Waals surface area contributed by atoms with Gasteiger partial charge in [-0.3, -0.25) is 0 Å². The third kappa shape index (κ3) is 4.75. The van der Waals surface area contributed by atoms with E-state index < -0.39 is 17.7 Å². The number of nitrogens with zero attached hydrogens (tertiary/aromatic N) is 2. The van der Waals surface area contributed by atoms with E-state index in [1.807, 2.05) is 23.8 Å². The maximum Gasteiger partial charge on any atom is 0.374 e. The molecule has 0 saturated carbocycles. The fourth-order valence-electron chi connectivity index (χ4n) is 3.87. The Balaban J connectivity index is 1.83. The van der Waals surface area contributed by atoms with E-state index in [2.05, 4.69) is 4.98 Å². The monoisotopic (exact) mass is 454 g/mol. The van der Waals surface area contributed by atoms with Gasteiger partial charge in [0.25, 0.3) is 0 Å². The second-order valence-corrected chi connectivity index (χ2v) is 8.62. The molecule has 1 atom stereocenters. The molecule has 0 amide bonds. The fraction of sp³-hybridized carbons (Fsp3) is 0.440. The van der Waals surface area contributed by atoms with E-state index in [1.54, 1.807) is 45.4 Å². The number of fused-ring (bicyclic) bond motifs is 2. The number of rotatable bonds is 8. The highest BCUT2D eigenvalue weighted by molar-refractivity contribution is 5.95. The minimum absolute atomic E-state index is 0.0969. The largest absolute Gasteiger partial charge is 0.492 e. The van der Waals surface area contributed by atoms with Gasteiger partial charge in [0.1, 0.15) is 23.4 Å². The van der Waals surface area contributed by atoms with E-state index in [9.17, 15) is 9.90 Å². The standard InChI is InChI=1S/C25H30N2O6/c1-5-11-31-23-17-13-21(25(3,4)29)33-18(17)14-19-22(23)16(7-9-27-10-8-26-15-27)12-20(32-19)24(28)30-6-2/h7-8,10,12,14-15,21,29H,5-6,9,11,13H2,1-4H3/b16-7+/t21-/m0/s1. The summed E-state index contributed by atoms with van der Waals surface area (Å²) >= 11 is 0. The van der Waals surface area contributed by atoms with E-state index in [0.29, 0.717) is 36.8 Å². The summed E-state index contributed by atoms with van der Waals surface area (Å²) in [6.45, 7) is 8.54. The average Bonchev–Trinajstić information content (AvgIpc) is 3.44. The molecule has 2 aromatic rings. The summed E-state index contributed by atoms with van der Waals surface area (Å²) in [6, 6.07) is 1.77. The molecule has 1 N–H and O–H groups in total. The van der Waals surface area contributed by atoms with Crippen molar-refractivity contribution < 1.29 is 28.8 Å². The van der Waals surface area contributed by atoms with E-state index in [4.69, 9.17) is 18.9 Å². The molecule has 2 aliphatic rings. The zero-order valence-corrected chi connectivity index (χ0v) is 19.5. The molecule has 2 aliphatic heterocycles. The van der Waals surface area contributed by atoms with Crippen LogP contribution in [0.4, 0.5) is 0 Å². The van der Waals surface area contributed by atoms with Gasteiger partial charge in [-0.05, 0) is 38.8 Å². The first-order valence-corrected chi connectivity index (χ1v) is 11.3. The van der Waals surface area contributed by atoms with Gasteiger partial charge >= 0.3 is 5.97 Å². The predicted molar refractivity (Wildman–Crippen MR) is 122 cm³/mol. The number of aliphatic hydroxyl groups is 1. The van der Waals surface area contributed by atoms with Crippen molar-refractivity contribution in [3.05, 3.63) is 53.8 Å². The van der Waals surface area contributed by atoms with Crippen LogP contribution in [0, 0.1) is 0 Å². The predicted octanol–water partition coefficient (Wildman–Crippen LogP) is 3.67. The summed E-state index contributed by atoms with van der Waals surface area (Å²) in [5.74, 6) is 1.26. The molecule has 0 aliphatic carbocycles. The molecule has 0 saturated heterocycles. The molecule has 3 heterocycles. The summed E-state index contributed by atoms with van der Waals surface area (Å²) < 4.78 is 25.4. The first-order valence-electron chi connectivity index (χ1n) is 11.3. The summed E-state index contributed by atoms with van der Waals surface area (Å²) in [5, 5.41) is 10.5. The van der Waals surface area contributed by atoms with Crippen molar-refractivity contribution in [2.75, 3.05) is 13.2 Å². The van der Waals surface area contributed by atoms with Crippen LogP contribution in [-0.4, -0.2) is 45.5 Å². The number of carbonyl (C=O) groups is 1. The van der Waals surface area contributed by atoms with Crippen LogP contribution in [0.5, 0.6) is 17.2 Å². The number of benzene rings is 1. The van der Waals surface area contributed by atoms with Crippen LogP contribution in [0.3, 0.4) is 0 Å². The Bertz CT molecular complexity index is 1080. The number of esters is 1. The van der Waals surface area contributed by atoms with Gasteiger partial charge in [0.2, 0.25) is 5.76 Å². The van der Waals surface area contributed by atoms with Crippen molar-refractivity contribution in [1.82, 2.24) is 9.55 Å². The van der Waals surface area contributed by atoms with E-state index in [1.165, 1.54) is 0 Å². The molecule has 33 heavy (non-hydrogen) atoms. The van der Waals surface area contributed by atoms with Gasteiger partial charge < -0.3 is 28.6 Å². The van der Waals surface area contributed by atoms with Gasteiger partial charge in [-0.1, -0.05) is 13.0 Å². The molecular weight excluding hydrogens is 424 g/mol. The van der Waals surface area contributed by atoms with Crippen LogP contribution >= 0.6 is 0 Å². The lowest BCUT2D eigenvalue weighted by atomic mass is 9.92. The van der Waals surface area contributed by atoms with Crippen molar-refractivity contribution in [2.45, 2.75) is 58.8 Å². The molecule has 0 bridgehead atoms. The quantitative estimate of drug-likeness (QED) is 0.609. The number of allylic oxidation sites excluding steroid dienone is 3. The Labute approximate surface area is 193 Å². The van der Waals surface area contributed by atoms with Crippen LogP contribution in [-0.2, 0) is 22.5 Å². The zero-order chi connectivity index (χ0) is 23.6. The van der Waals surface area contributed by atoms with Crippen LogP contribution in [0.2, 0.25) is 0 Å². The Hall–Kier alpha value is -3.26. The van der Waals surface area contributed by atoms with Crippen LogP contribution < -0.4 is 14.2 Å². The topological polar surface area (TPSA) is 92.0 Å². The maximum atomic E-state index is 12.5. The van der Waals surface area contributed by atoms with Crippen molar-refractivity contribution >= 4 is 11.5 Å². The zero-order valence-electron chi connectivity index (χ0n) is 19.5. The van der Waals surface area contributed by atoms with Crippen molar-refractivity contribution in [1.29, 1.82) is 0 Å². The average molecular weight is 455 g/mol. The molecule has 4 rings (SSSR count). The van der Waals surface area contributed by atoms with Gasteiger partial charge in [-0.15, -0.1) is 0 Å². The fourth-order valence-corrected chi connectivity index (χ4v) is 3.87. The van der Waals surface area contributed by atoms with Gasteiger partial charge in [0.15, 0.2) is 0 Å². The molecule has 0 spiro atoms. The molecule has 0 radical (unpaired) electrons. The minimum Gasteiger partial charge on any atom is -0.492 e. The highest BCUT2D eigenvalue weighted by Crippen LogP contribution is 2.50. The molecule has 176 valence electrons. The third-order valence-electron chi connectivity index (χ3n) is 5.56. The highest BCUT2D eigenvalue weighted by Gasteiger charge is 2.39. The van der Waals surface area contributed by atoms with E-state index in [-0.39, 0.29) is 12.4 Å². The van der Waals surface area contributed by atoms with Crippen LogP contribution in [0.25, 0.3) is 5.57 Å². The second kappa shape index (κ2) is 9.31. The number of hydrogen-bond acceptors (Lipinski definition) is 7. The van der Waals surface area contributed by atoms with Crippen molar-refractivity contribution in [3.8, 4) is 17.2 Å². The van der Waals surface area contributed by atoms with Gasteiger partial charge in [-0.25, -0.2) is 9.78 Å². The lowest BCUT2D eigenvalue weighted by molar-refractivity contribution is -0.141. The number of ether oxygens (including phenoxy) is 4. The normalized spacial score (nSPS) is 18.2. The smallest absolute Gasteiger partial charge is 0.374 e. The summed E-state index contributed by atoms with van der Waals surface area (Å²) in [5.41, 5.74) is 1.40. The first-order chi connectivity index (χ1) is 15.8. The Morgan fingerprint density at radius 1 is 1.36 bits per heavy atom. The molecule has 1 aromatic heterocycles. The summed E-state index contributed by atoms with van der Waals surface area (Å²) in [4.78, 5) is 16.6. The maximum absolute atomic E-state index is 12.5. The SMILES string of the molecule is CCCOc1c2c(cc3c1/C(=C/Cn1ccnc1)C=C(C(=O)OCC)O3)O[C@H](C(C)(C)O)C2. The number of aromatic nitrogens is 2. The minimum atomic E-state index is -1.03. The molecular formula is C25H30N2O6. The molecule has 8 heteroatoms. The van der Waals surface area contributed by atoms with Gasteiger partial charge in [-0.2, -0.15) is 0 Å². The van der Waals surface area contributed by atoms with E-state index in [0.717, 1.165) is 23.1 Å².